The average molecular weight is 172 g/mol. The Morgan fingerprint density at radius 3 is 2.73 bits per heavy atom. The highest BCUT2D eigenvalue weighted by Gasteiger charge is 2.01. The Balaban J connectivity index is 3.02. The van der Waals surface area contributed by atoms with E-state index < -0.39 is 0 Å². The molecule has 0 spiro atoms. The van der Waals surface area contributed by atoms with Crippen LogP contribution in [-0.2, 0) is 0 Å². The first-order valence-electron chi connectivity index (χ1n) is 3.15. The van der Waals surface area contributed by atoms with Crippen molar-refractivity contribution < 1.29 is 9.13 Å². The summed E-state index contributed by atoms with van der Waals surface area (Å²) < 4.78 is 17.6. The molecule has 3 heteroatoms. The number of thioether (sulfide) groups is 1. The monoisotopic (exact) mass is 172 g/mol. The van der Waals surface area contributed by atoms with E-state index in [9.17, 15) is 4.39 Å². The third-order valence-corrected chi connectivity index (χ3v) is 2.08. The summed E-state index contributed by atoms with van der Waals surface area (Å²) in [6.45, 7) is 0. The van der Waals surface area contributed by atoms with Gasteiger partial charge in [0.2, 0.25) is 0 Å². The second-order valence-corrected chi connectivity index (χ2v) is 2.88. The van der Waals surface area contributed by atoms with Crippen molar-refractivity contribution >= 4 is 11.8 Å². The van der Waals surface area contributed by atoms with E-state index in [1.165, 1.54) is 13.2 Å². The molecular weight excluding hydrogens is 163 g/mol. The van der Waals surface area contributed by atoms with E-state index in [4.69, 9.17) is 4.74 Å². The van der Waals surface area contributed by atoms with E-state index >= 15 is 0 Å². The summed E-state index contributed by atoms with van der Waals surface area (Å²) in [5.74, 6) is -0.0119. The zero-order chi connectivity index (χ0) is 8.27. The van der Waals surface area contributed by atoms with Crippen LogP contribution in [0.1, 0.15) is 0 Å². The molecule has 0 unspecified atom stereocenters. The molecule has 0 N–H and O–H groups in total. The van der Waals surface area contributed by atoms with Gasteiger partial charge in [-0.15, -0.1) is 11.8 Å². The first kappa shape index (κ1) is 8.40. The first-order valence-corrected chi connectivity index (χ1v) is 4.38. The molecule has 11 heavy (non-hydrogen) atoms. The molecule has 0 saturated heterocycles. The van der Waals surface area contributed by atoms with Crippen LogP contribution in [0.3, 0.4) is 0 Å². The molecule has 0 heterocycles. The molecule has 0 atom stereocenters. The van der Waals surface area contributed by atoms with Crippen LogP contribution in [0.25, 0.3) is 0 Å². The molecule has 1 aromatic carbocycles. The molecule has 0 fully saturated rings. The minimum atomic E-state index is -0.315. The highest BCUT2D eigenvalue weighted by Crippen LogP contribution is 2.23. The first-order chi connectivity index (χ1) is 5.27. The van der Waals surface area contributed by atoms with Gasteiger partial charge in [-0.1, -0.05) is 0 Å². The summed E-state index contributed by atoms with van der Waals surface area (Å²) in [5, 5.41) is 0. The van der Waals surface area contributed by atoms with Crippen LogP contribution in [0.2, 0.25) is 0 Å². The third kappa shape index (κ3) is 1.87. The van der Waals surface area contributed by atoms with Gasteiger partial charge in [0.1, 0.15) is 0 Å². The van der Waals surface area contributed by atoms with E-state index in [0.717, 1.165) is 4.90 Å². The Bertz CT molecular complexity index is 250. The van der Waals surface area contributed by atoms with Crippen LogP contribution in [0, 0.1) is 5.82 Å². The Hall–Kier alpha value is -0.700. The molecule has 0 saturated carbocycles. The van der Waals surface area contributed by atoms with E-state index in [2.05, 4.69) is 0 Å². The normalized spacial score (nSPS) is 9.73. The number of methoxy groups -OCH3 is 1. The summed E-state index contributed by atoms with van der Waals surface area (Å²) in [6.07, 6.45) is 1.94. The van der Waals surface area contributed by atoms with Gasteiger partial charge in [-0.25, -0.2) is 4.39 Å². The lowest BCUT2D eigenvalue weighted by molar-refractivity contribution is 0.385. The molecule has 0 bridgehead atoms. The number of benzene rings is 1. The van der Waals surface area contributed by atoms with Crippen LogP contribution in [0.5, 0.6) is 5.75 Å². The largest absolute Gasteiger partial charge is 0.494 e. The molecule has 0 aliphatic heterocycles. The lowest BCUT2D eigenvalue weighted by atomic mass is 10.3. The van der Waals surface area contributed by atoms with Crippen LogP contribution in [0.4, 0.5) is 4.39 Å². The van der Waals surface area contributed by atoms with Gasteiger partial charge in [0, 0.05) is 4.90 Å². The maximum atomic E-state index is 12.8. The van der Waals surface area contributed by atoms with Gasteiger partial charge in [0.15, 0.2) is 11.6 Å². The highest BCUT2D eigenvalue weighted by atomic mass is 32.2. The fraction of sp³-hybridized carbons (Fsp3) is 0.250. The summed E-state index contributed by atoms with van der Waals surface area (Å²) in [4.78, 5) is 1.00. The summed E-state index contributed by atoms with van der Waals surface area (Å²) in [5.41, 5.74) is 0. The molecule has 60 valence electrons. The van der Waals surface area contributed by atoms with Crippen LogP contribution >= 0.6 is 11.8 Å². The third-order valence-electron chi connectivity index (χ3n) is 1.36. The average Bonchev–Trinajstić information content (AvgIpc) is 2.05. The van der Waals surface area contributed by atoms with Crippen molar-refractivity contribution in [3.05, 3.63) is 24.0 Å². The zero-order valence-corrected chi connectivity index (χ0v) is 7.24. The fourth-order valence-electron chi connectivity index (χ4n) is 0.767. The lowest BCUT2D eigenvalue weighted by Gasteiger charge is -2.02. The maximum Gasteiger partial charge on any atom is 0.165 e. The summed E-state index contributed by atoms with van der Waals surface area (Å²) in [7, 11) is 1.46. The Morgan fingerprint density at radius 2 is 2.18 bits per heavy atom. The van der Waals surface area contributed by atoms with Crippen molar-refractivity contribution in [2.75, 3.05) is 13.4 Å². The highest BCUT2D eigenvalue weighted by molar-refractivity contribution is 7.98. The lowest BCUT2D eigenvalue weighted by Crippen LogP contribution is -1.87. The number of hydrogen-bond acceptors (Lipinski definition) is 2. The SMILES string of the molecule is COc1cc(SC)ccc1F. The van der Waals surface area contributed by atoms with Crippen molar-refractivity contribution in [2.24, 2.45) is 0 Å². The number of hydrogen-bond donors (Lipinski definition) is 0. The summed E-state index contributed by atoms with van der Waals surface area (Å²) >= 11 is 1.56. The molecular formula is C8H9FOS. The minimum absolute atomic E-state index is 0.303. The molecule has 0 radical (unpaired) electrons. The number of ether oxygens (including phenoxy) is 1. The van der Waals surface area contributed by atoms with E-state index in [-0.39, 0.29) is 5.82 Å². The fourth-order valence-corrected chi connectivity index (χ4v) is 1.20. The van der Waals surface area contributed by atoms with Crippen molar-refractivity contribution in [2.45, 2.75) is 4.90 Å². The van der Waals surface area contributed by atoms with Crippen LogP contribution in [0.15, 0.2) is 23.1 Å². The summed E-state index contributed by atoms with van der Waals surface area (Å²) in [6, 6.07) is 4.81. The molecule has 0 aliphatic rings. The maximum absolute atomic E-state index is 12.8. The van der Waals surface area contributed by atoms with Gasteiger partial charge in [0.25, 0.3) is 0 Å². The Morgan fingerprint density at radius 1 is 1.45 bits per heavy atom. The molecule has 0 aliphatic carbocycles. The van der Waals surface area contributed by atoms with Gasteiger partial charge >= 0.3 is 0 Å². The number of rotatable bonds is 2. The van der Waals surface area contributed by atoms with Crippen molar-refractivity contribution in [3.8, 4) is 5.75 Å². The molecule has 1 nitrogen and oxygen atoms in total. The minimum Gasteiger partial charge on any atom is -0.494 e. The van der Waals surface area contributed by atoms with Gasteiger partial charge < -0.3 is 4.74 Å². The van der Waals surface area contributed by atoms with Gasteiger partial charge in [-0.05, 0) is 24.5 Å². The van der Waals surface area contributed by atoms with Gasteiger partial charge in [-0.2, -0.15) is 0 Å². The van der Waals surface area contributed by atoms with Crippen molar-refractivity contribution in [3.63, 3.8) is 0 Å². The van der Waals surface area contributed by atoms with E-state index in [1.54, 1.807) is 23.9 Å². The van der Waals surface area contributed by atoms with Gasteiger partial charge in [-0.3, -0.25) is 0 Å². The molecule has 1 rings (SSSR count). The van der Waals surface area contributed by atoms with Crippen molar-refractivity contribution in [1.29, 1.82) is 0 Å². The topological polar surface area (TPSA) is 9.23 Å². The van der Waals surface area contributed by atoms with Crippen LogP contribution < -0.4 is 4.74 Å². The van der Waals surface area contributed by atoms with Crippen molar-refractivity contribution in [1.82, 2.24) is 0 Å². The predicted molar refractivity (Wildman–Crippen MR) is 44.7 cm³/mol. The standard InChI is InChI=1S/C8H9FOS/c1-10-8-5-6(11-2)3-4-7(8)9/h3-5H,1-2H3. The Kier molecular flexibility index (Phi) is 2.76. The predicted octanol–water partition coefficient (Wildman–Crippen LogP) is 2.56. The van der Waals surface area contributed by atoms with Crippen LogP contribution in [-0.4, -0.2) is 13.4 Å². The Labute approximate surface area is 69.6 Å². The van der Waals surface area contributed by atoms with Gasteiger partial charge in [0.05, 0.1) is 7.11 Å². The second-order valence-electron chi connectivity index (χ2n) is 2.00. The molecule has 0 amide bonds. The second kappa shape index (κ2) is 3.62. The molecule has 1 aromatic rings. The number of halogens is 1. The van der Waals surface area contributed by atoms with E-state index in [0.29, 0.717) is 5.75 Å². The smallest absolute Gasteiger partial charge is 0.165 e. The zero-order valence-electron chi connectivity index (χ0n) is 6.43. The van der Waals surface area contributed by atoms with E-state index in [1.807, 2.05) is 6.26 Å². The molecule has 0 aromatic heterocycles. The quantitative estimate of drug-likeness (QED) is 0.634.